The van der Waals surface area contributed by atoms with Crippen molar-refractivity contribution in [3.63, 3.8) is 0 Å². The highest BCUT2D eigenvalue weighted by molar-refractivity contribution is 6.60. The van der Waals surface area contributed by atoms with E-state index in [-0.39, 0.29) is 0 Å². The van der Waals surface area contributed by atoms with Gasteiger partial charge in [0.1, 0.15) is 5.75 Å². The lowest BCUT2D eigenvalue weighted by Gasteiger charge is -2.24. The molecule has 0 saturated heterocycles. The average Bonchev–Trinajstić information content (AvgIpc) is 2.56. The van der Waals surface area contributed by atoms with Crippen LogP contribution in [0, 0.1) is 5.41 Å². The first kappa shape index (κ1) is 22.4. The zero-order valence-electron chi connectivity index (χ0n) is 14.1. The minimum absolute atomic E-state index is 0.634. The van der Waals surface area contributed by atoms with Gasteiger partial charge in [0.15, 0.2) is 0 Å². The van der Waals surface area contributed by atoms with E-state index in [1.807, 2.05) is 30.3 Å². The maximum atomic E-state index is 7.84. The normalized spacial score (nSPS) is 10.4. The van der Waals surface area contributed by atoms with Crippen LogP contribution < -0.4 is 10.5 Å². The van der Waals surface area contributed by atoms with Gasteiger partial charge in [0, 0.05) is 27.4 Å². The molecule has 0 fully saturated rings. The van der Waals surface area contributed by atoms with Crippen LogP contribution in [-0.4, -0.2) is 60.1 Å². The largest absolute Gasteiger partial charge is 0.709 e. The van der Waals surface area contributed by atoms with Gasteiger partial charge in [-0.2, -0.15) is 0 Å². The number of amidine groups is 1. The molecule has 11 heteroatoms. The number of hydrogen-bond acceptors (Lipinski definition) is 8. The van der Waals surface area contributed by atoms with Crippen molar-refractivity contribution >= 4 is 22.1 Å². The number of para-hydroxylation sites is 1. The number of ether oxygens (including phenoxy) is 1. The highest BCUT2D eigenvalue weighted by Gasteiger charge is 2.36. The molecular weight excluding hydrogens is 335 g/mol. The van der Waals surface area contributed by atoms with Crippen molar-refractivity contribution in [3.05, 3.63) is 30.3 Å². The van der Waals surface area contributed by atoms with E-state index in [2.05, 4.69) is 10.4 Å². The van der Waals surface area contributed by atoms with Crippen molar-refractivity contribution in [2.45, 2.75) is 12.5 Å². The van der Waals surface area contributed by atoms with E-state index in [1.165, 1.54) is 0 Å². The van der Waals surface area contributed by atoms with Crippen LogP contribution in [0.3, 0.4) is 0 Å². The van der Waals surface area contributed by atoms with Crippen molar-refractivity contribution in [1.82, 2.24) is 0 Å². The monoisotopic (exact) mass is 360 g/mol. The van der Waals surface area contributed by atoms with Crippen LogP contribution in [0.15, 0.2) is 30.3 Å². The standard InChI is InChI=1S/C12H20O4Si.CH5BN2O3/c1-13-17(14-2,15-3)11-7-10-16-12-8-5-4-6-9-12;3-1(4)7-2(5)6/h4-6,8-9H,7,10-11H2,1-3H3;5-6H,(H3,3,4). The van der Waals surface area contributed by atoms with Crippen molar-refractivity contribution in [2.24, 2.45) is 5.73 Å². The molecule has 0 aromatic heterocycles. The zero-order valence-corrected chi connectivity index (χ0v) is 15.1. The Labute approximate surface area is 143 Å². The summed E-state index contributed by atoms with van der Waals surface area (Å²) in [4.78, 5) is 0. The lowest BCUT2D eigenvalue weighted by molar-refractivity contribution is 0.121. The van der Waals surface area contributed by atoms with Gasteiger partial charge in [-0.3, -0.25) is 5.41 Å². The lowest BCUT2D eigenvalue weighted by Crippen LogP contribution is -2.42. The molecule has 0 unspecified atom stereocenters. The smallest absolute Gasteiger partial charge is 0.494 e. The minimum Gasteiger partial charge on any atom is -0.494 e. The molecule has 0 aliphatic rings. The molecule has 136 valence electrons. The minimum atomic E-state index is -2.44. The van der Waals surface area contributed by atoms with Crippen LogP contribution in [0.1, 0.15) is 6.42 Å². The number of benzene rings is 1. The summed E-state index contributed by atoms with van der Waals surface area (Å²) < 4.78 is 25.3. The number of nitrogens with one attached hydrogen (secondary N) is 1. The van der Waals surface area contributed by atoms with Crippen LogP contribution in [0.2, 0.25) is 6.04 Å². The molecule has 0 amide bonds. The molecule has 0 radical (unpaired) electrons. The predicted molar refractivity (Wildman–Crippen MR) is 91.3 cm³/mol. The second-order valence-electron chi connectivity index (χ2n) is 4.37. The fourth-order valence-electron chi connectivity index (χ4n) is 1.67. The van der Waals surface area contributed by atoms with Crippen molar-refractivity contribution in [2.75, 3.05) is 27.9 Å². The Morgan fingerprint density at radius 3 is 2.04 bits per heavy atom. The molecule has 0 spiro atoms. The maximum Gasteiger partial charge on any atom is 0.709 e. The molecule has 1 rings (SSSR count). The molecule has 0 saturated carbocycles. The van der Waals surface area contributed by atoms with Gasteiger partial charge < -0.3 is 38.5 Å². The second kappa shape index (κ2) is 12.8. The molecule has 5 N–H and O–H groups in total. The Morgan fingerprint density at radius 1 is 1.12 bits per heavy atom. The molecule has 0 bridgehead atoms. The zero-order chi connectivity index (χ0) is 18.4. The summed E-state index contributed by atoms with van der Waals surface area (Å²) >= 11 is 0. The van der Waals surface area contributed by atoms with Crippen LogP contribution in [0.5, 0.6) is 5.75 Å². The van der Waals surface area contributed by atoms with Gasteiger partial charge in [0.25, 0.3) is 6.02 Å². The fourth-order valence-corrected chi connectivity index (χ4v) is 3.35. The van der Waals surface area contributed by atoms with Gasteiger partial charge in [-0.05, 0) is 18.6 Å². The van der Waals surface area contributed by atoms with Crippen molar-refractivity contribution < 1.29 is 32.7 Å². The Hall–Kier alpha value is -1.63. The average molecular weight is 360 g/mol. The van der Waals surface area contributed by atoms with E-state index < -0.39 is 22.1 Å². The van der Waals surface area contributed by atoms with Gasteiger partial charge in [0.2, 0.25) is 0 Å². The molecule has 0 aliphatic heterocycles. The quantitative estimate of drug-likeness (QED) is 0.212. The summed E-state index contributed by atoms with van der Waals surface area (Å²) in [5.41, 5.74) is 4.53. The topological polar surface area (TPSA) is 136 Å². The lowest BCUT2D eigenvalue weighted by atomic mass is 10.3. The first-order chi connectivity index (χ1) is 11.4. The Balaban J connectivity index is 0.000000640. The predicted octanol–water partition coefficient (Wildman–Crippen LogP) is 0.200. The third kappa shape index (κ3) is 10.2. The van der Waals surface area contributed by atoms with Crippen LogP contribution >= 0.6 is 0 Å². The third-order valence-electron chi connectivity index (χ3n) is 2.80. The number of rotatable bonds is 9. The van der Waals surface area contributed by atoms with Gasteiger partial charge in [-0.15, -0.1) is 0 Å². The van der Waals surface area contributed by atoms with E-state index in [1.54, 1.807) is 21.3 Å². The summed E-state index contributed by atoms with van der Waals surface area (Å²) in [7, 11) is 0.457. The van der Waals surface area contributed by atoms with Crippen LogP contribution in [0.4, 0.5) is 0 Å². The Kier molecular flexibility index (Phi) is 11.9. The molecule has 0 atom stereocenters. The van der Waals surface area contributed by atoms with Crippen molar-refractivity contribution in [3.8, 4) is 5.75 Å². The molecule has 1 aromatic carbocycles. The molecular formula is C13H25BN2O7Si. The number of hydrogen-bond donors (Lipinski definition) is 4. The molecule has 0 aliphatic carbocycles. The first-order valence-corrected chi connectivity index (χ1v) is 9.02. The molecule has 9 nitrogen and oxygen atoms in total. The summed E-state index contributed by atoms with van der Waals surface area (Å²) in [5.74, 6) is 0.881. The van der Waals surface area contributed by atoms with E-state index in [4.69, 9.17) is 33.5 Å². The Bertz CT molecular complexity index is 441. The van der Waals surface area contributed by atoms with Gasteiger partial charge in [0.05, 0.1) is 6.61 Å². The SMILES string of the molecule is CO[Si](CCCOc1ccccc1)(OC)OC.N=C(N)OB(O)O. The van der Waals surface area contributed by atoms with Crippen LogP contribution in [-0.2, 0) is 17.9 Å². The first-order valence-electron chi connectivity index (χ1n) is 7.09. The summed E-state index contributed by atoms with van der Waals surface area (Å²) in [6.45, 7) is 0.634. The van der Waals surface area contributed by atoms with Gasteiger partial charge in [-0.25, -0.2) is 0 Å². The highest BCUT2D eigenvalue weighted by Crippen LogP contribution is 2.16. The third-order valence-corrected chi connectivity index (χ3v) is 5.64. The summed E-state index contributed by atoms with van der Waals surface area (Å²) in [6, 6.07) is 9.78. The van der Waals surface area contributed by atoms with Crippen LogP contribution in [0.25, 0.3) is 0 Å². The maximum absolute atomic E-state index is 7.84. The fraction of sp³-hybridized carbons (Fsp3) is 0.462. The van der Waals surface area contributed by atoms with E-state index in [0.29, 0.717) is 6.61 Å². The van der Waals surface area contributed by atoms with E-state index >= 15 is 0 Å². The van der Waals surface area contributed by atoms with Gasteiger partial charge in [-0.1, -0.05) is 18.2 Å². The van der Waals surface area contributed by atoms with E-state index in [9.17, 15) is 0 Å². The second-order valence-corrected chi connectivity index (χ2v) is 7.46. The summed E-state index contributed by atoms with van der Waals surface area (Å²) in [5, 5.41) is 21.9. The highest BCUT2D eigenvalue weighted by atomic mass is 28.4. The molecule has 1 aromatic rings. The van der Waals surface area contributed by atoms with Crippen molar-refractivity contribution in [1.29, 1.82) is 5.41 Å². The summed E-state index contributed by atoms with van der Waals surface area (Å²) in [6.07, 6.45) is 0.844. The molecule has 0 heterocycles. The van der Waals surface area contributed by atoms with E-state index in [0.717, 1.165) is 18.2 Å². The van der Waals surface area contributed by atoms with Gasteiger partial charge >= 0.3 is 16.1 Å². The number of nitrogens with two attached hydrogens (primary N) is 1. The molecule has 24 heavy (non-hydrogen) atoms. The Morgan fingerprint density at radius 2 is 1.67 bits per heavy atom.